The Morgan fingerprint density at radius 2 is 1.86 bits per heavy atom. The molecule has 7 heteroatoms. The van der Waals surface area contributed by atoms with Gasteiger partial charge in [-0.3, -0.25) is 14.4 Å². The first-order valence-electron chi connectivity index (χ1n) is 8.47. The molecule has 0 spiro atoms. The van der Waals surface area contributed by atoms with Crippen LogP contribution in [0, 0.1) is 0 Å². The van der Waals surface area contributed by atoms with Crippen molar-refractivity contribution in [1.82, 2.24) is 9.88 Å². The Kier molecular flexibility index (Phi) is 5.61. The van der Waals surface area contributed by atoms with Gasteiger partial charge in [-0.25, -0.2) is 0 Å². The normalized spacial score (nSPS) is 11.0. The number of halogens is 1. The third kappa shape index (κ3) is 4.29. The first-order chi connectivity index (χ1) is 13.3. The van der Waals surface area contributed by atoms with Gasteiger partial charge in [-0.2, -0.15) is 0 Å². The Morgan fingerprint density at radius 3 is 2.57 bits per heavy atom. The maximum Gasteiger partial charge on any atom is 0.255 e. The molecule has 1 heterocycles. The summed E-state index contributed by atoms with van der Waals surface area (Å²) in [5.74, 6) is -0.645. The average molecular weight is 396 g/mol. The molecule has 142 valence electrons. The molecule has 0 fully saturated rings. The van der Waals surface area contributed by atoms with E-state index in [2.05, 4.69) is 10.3 Å². The van der Waals surface area contributed by atoms with Crippen LogP contribution >= 0.6 is 11.6 Å². The number of nitrogens with one attached hydrogen (secondary N) is 2. The third-order valence-electron chi connectivity index (χ3n) is 4.07. The maximum atomic E-state index is 12.2. The van der Waals surface area contributed by atoms with Crippen molar-refractivity contribution < 1.29 is 9.59 Å². The lowest BCUT2D eigenvalue weighted by atomic mass is 10.1. The zero-order valence-corrected chi connectivity index (χ0v) is 16.1. The van der Waals surface area contributed by atoms with Crippen LogP contribution in [-0.2, 0) is 4.79 Å². The van der Waals surface area contributed by atoms with Gasteiger partial charge in [-0.1, -0.05) is 29.8 Å². The van der Waals surface area contributed by atoms with E-state index in [4.69, 9.17) is 11.6 Å². The summed E-state index contributed by atoms with van der Waals surface area (Å²) in [5, 5.41) is 3.77. The van der Waals surface area contributed by atoms with Gasteiger partial charge in [0.1, 0.15) is 0 Å². The molecule has 0 aliphatic rings. The van der Waals surface area contributed by atoms with Crippen molar-refractivity contribution in [3.8, 4) is 0 Å². The Balaban J connectivity index is 1.75. The number of aromatic amines is 1. The second-order valence-corrected chi connectivity index (χ2v) is 6.77. The van der Waals surface area contributed by atoms with Crippen molar-refractivity contribution in [3.63, 3.8) is 0 Å². The molecule has 3 aromatic rings. The summed E-state index contributed by atoms with van der Waals surface area (Å²) in [6, 6.07) is 13.8. The highest BCUT2D eigenvalue weighted by molar-refractivity contribution is 6.34. The number of H-pyrrole nitrogens is 1. The van der Waals surface area contributed by atoms with E-state index in [0.29, 0.717) is 16.8 Å². The van der Waals surface area contributed by atoms with Crippen LogP contribution in [0.5, 0.6) is 0 Å². The van der Waals surface area contributed by atoms with E-state index in [1.165, 1.54) is 23.1 Å². The molecule has 0 radical (unpaired) electrons. The maximum absolute atomic E-state index is 12.2. The molecular formula is C21H18ClN3O3. The predicted molar refractivity (Wildman–Crippen MR) is 112 cm³/mol. The van der Waals surface area contributed by atoms with Crippen molar-refractivity contribution in [3.05, 3.63) is 81.1 Å². The van der Waals surface area contributed by atoms with Gasteiger partial charge < -0.3 is 15.2 Å². The molecule has 0 aliphatic carbocycles. The molecule has 28 heavy (non-hydrogen) atoms. The molecule has 2 N–H and O–H groups in total. The number of rotatable bonds is 4. The number of carbonyl (C=O) groups is 2. The fraction of sp³-hybridized carbons (Fsp3) is 0.0952. The van der Waals surface area contributed by atoms with Crippen LogP contribution in [0.1, 0.15) is 15.9 Å². The van der Waals surface area contributed by atoms with Crippen molar-refractivity contribution in [2.45, 2.75) is 0 Å². The van der Waals surface area contributed by atoms with Crippen molar-refractivity contribution in [1.29, 1.82) is 0 Å². The van der Waals surface area contributed by atoms with Crippen molar-refractivity contribution >= 4 is 46.1 Å². The highest BCUT2D eigenvalue weighted by Gasteiger charge is 2.13. The molecular weight excluding hydrogens is 378 g/mol. The summed E-state index contributed by atoms with van der Waals surface area (Å²) in [4.78, 5) is 40.5. The monoisotopic (exact) mass is 395 g/mol. The molecule has 0 unspecified atom stereocenters. The SMILES string of the molecule is CN(C)C(=O)c1ccc(NC(=O)/C=C/c2cc3ccccc3[nH]c2=O)cc1Cl. The van der Waals surface area contributed by atoms with E-state index < -0.39 is 5.91 Å². The summed E-state index contributed by atoms with van der Waals surface area (Å²) in [7, 11) is 3.27. The molecule has 0 atom stereocenters. The third-order valence-corrected chi connectivity index (χ3v) is 4.38. The number of nitrogens with zero attached hydrogens (tertiary/aromatic N) is 1. The van der Waals surface area contributed by atoms with Gasteiger partial charge in [-0.15, -0.1) is 0 Å². The number of amides is 2. The van der Waals surface area contributed by atoms with Crippen LogP contribution in [0.15, 0.2) is 59.4 Å². The molecule has 2 aromatic carbocycles. The lowest BCUT2D eigenvalue weighted by Crippen LogP contribution is -2.22. The molecule has 1 aromatic heterocycles. The van der Waals surface area contributed by atoms with E-state index in [9.17, 15) is 14.4 Å². The predicted octanol–water partition coefficient (Wildman–Crippen LogP) is 3.54. The zero-order chi connectivity index (χ0) is 20.3. The molecule has 0 aliphatic heterocycles. The summed E-state index contributed by atoms with van der Waals surface area (Å²) in [6.45, 7) is 0. The molecule has 6 nitrogen and oxygen atoms in total. The van der Waals surface area contributed by atoms with Gasteiger partial charge in [0.05, 0.1) is 10.6 Å². The zero-order valence-electron chi connectivity index (χ0n) is 15.3. The van der Waals surface area contributed by atoms with Crippen LogP contribution < -0.4 is 10.9 Å². The molecule has 0 saturated heterocycles. The van der Waals surface area contributed by atoms with Crippen molar-refractivity contribution in [2.75, 3.05) is 19.4 Å². The molecule has 3 rings (SSSR count). The van der Waals surface area contributed by atoms with Gasteiger partial charge in [0, 0.05) is 36.9 Å². The number of hydrogen-bond donors (Lipinski definition) is 2. The lowest BCUT2D eigenvalue weighted by Gasteiger charge is -2.12. The lowest BCUT2D eigenvalue weighted by molar-refractivity contribution is -0.111. The highest BCUT2D eigenvalue weighted by atomic mass is 35.5. The van der Waals surface area contributed by atoms with E-state index in [1.54, 1.807) is 32.3 Å². The van der Waals surface area contributed by atoms with Gasteiger partial charge in [0.2, 0.25) is 5.91 Å². The highest BCUT2D eigenvalue weighted by Crippen LogP contribution is 2.22. The standard InChI is InChI=1S/C21H18ClN3O3/c1-25(2)21(28)16-9-8-15(12-17(16)22)23-19(26)10-7-14-11-13-5-3-4-6-18(13)24-20(14)27/h3-12H,1-2H3,(H,23,26)(H,24,27)/b10-7+. The van der Waals surface area contributed by atoms with Crippen LogP contribution in [0.25, 0.3) is 17.0 Å². The van der Waals surface area contributed by atoms with Gasteiger partial charge in [-0.05, 0) is 41.8 Å². The van der Waals surface area contributed by atoms with Crippen LogP contribution in [-0.4, -0.2) is 35.8 Å². The van der Waals surface area contributed by atoms with Gasteiger partial charge >= 0.3 is 0 Å². The number of aromatic nitrogens is 1. The fourth-order valence-electron chi connectivity index (χ4n) is 2.64. The number of para-hydroxylation sites is 1. The number of benzene rings is 2. The smallest absolute Gasteiger partial charge is 0.255 e. The van der Waals surface area contributed by atoms with Crippen LogP contribution in [0.2, 0.25) is 5.02 Å². The summed E-state index contributed by atoms with van der Waals surface area (Å²) >= 11 is 6.14. The minimum Gasteiger partial charge on any atom is -0.345 e. The Bertz CT molecular complexity index is 1150. The molecule has 0 saturated carbocycles. The van der Waals surface area contributed by atoms with E-state index in [0.717, 1.165) is 10.9 Å². The summed E-state index contributed by atoms with van der Waals surface area (Å²) < 4.78 is 0. The quantitative estimate of drug-likeness (QED) is 0.663. The van der Waals surface area contributed by atoms with E-state index in [1.807, 2.05) is 24.3 Å². The summed E-state index contributed by atoms with van der Waals surface area (Å²) in [6.07, 6.45) is 2.72. The van der Waals surface area contributed by atoms with E-state index in [-0.39, 0.29) is 16.5 Å². The Labute approximate surface area is 166 Å². The first-order valence-corrected chi connectivity index (χ1v) is 8.85. The number of anilines is 1. The van der Waals surface area contributed by atoms with Crippen molar-refractivity contribution in [2.24, 2.45) is 0 Å². The Morgan fingerprint density at radius 1 is 1.11 bits per heavy atom. The number of fused-ring (bicyclic) bond motifs is 1. The first kappa shape index (κ1) is 19.4. The largest absolute Gasteiger partial charge is 0.345 e. The van der Waals surface area contributed by atoms with Gasteiger partial charge in [0.25, 0.3) is 11.5 Å². The molecule has 0 bridgehead atoms. The topological polar surface area (TPSA) is 82.3 Å². The minimum absolute atomic E-state index is 0.224. The molecule has 2 amide bonds. The average Bonchev–Trinajstić information content (AvgIpc) is 2.66. The van der Waals surface area contributed by atoms with Crippen LogP contribution in [0.4, 0.5) is 5.69 Å². The Hall–Kier alpha value is -3.38. The van der Waals surface area contributed by atoms with E-state index >= 15 is 0 Å². The number of hydrogen-bond acceptors (Lipinski definition) is 3. The fourth-order valence-corrected chi connectivity index (χ4v) is 2.91. The minimum atomic E-state index is -0.421. The summed E-state index contributed by atoms with van der Waals surface area (Å²) in [5.41, 5.74) is 1.62. The number of pyridine rings is 1. The second kappa shape index (κ2) is 8.10. The van der Waals surface area contributed by atoms with Crippen LogP contribution in [0.3, 0.4) is 0 Å². The second-order valence-electron chi connectivity index (χ2n) is 6.36. The number of carbonyl (C=O) groups excluding carboxylic acids is 2. The van der Waals surface area contributed by atoms with Gasteiger partial charge in [0.15, 0.2) is 0 Å².